The highest BCUT2D eigenvalue weighted by molar-refractivity contribution is 6.47. The van der Waals surface area contributed by atoms with Gasteiger partial charge in [0.05, 0.1) is 0 Å². The summed E-state index contributed by atoms with van der Waals surface area (Å²) >= 11 is 0. The summed E-state index contributed by atoms with van der Waals surface area (Å²) in [6.45, 7) is 6.67. The lowest BCUT2D eigenvalue weighted by atomic mass is 9.23. The van der Waals surface area contributed by atoms with E-state index in [9.17, 15) is 10.0 Å². The van der Waals surface area contributed by atoms with Crippen LogP contribution in [-0.2, 0) is 10.8 Å². The zero-order valence-electron chi connectivity index (χ0n) is 11.4. The molecule has 1 aromatic carbocycles. The molecule has 3 saturated carbocycles. The van der Waals surface area contributed by atoms with Gasteiger partial charge in [-0.15, -0.1) is 0 Å². The van der Waals surface area contributed by atoms with Crippen LogP contribution >= 0.6 is 0 Å². The van der Waals surface area contributed by atoms with Gasteiger partial charge in [0.2, 0.25) is 0 Å². The summed E-state index contributed by atoms with van der Waals surface area (Å²) in [6, 6.07) is 8.90. The molecule has 0 aromatic heterocycles. The Morgan fingerprint density at radius 2 is 1.50 bits per heavy atom. The van der Waals surface area contributed by atoms with Crippen molar-refractivity contribution < 1.29 is 10.0 Å². The molecule has 3 aliphatic carbocycles. The Morgan fingerprint density at radius 3 is 1.89 bits per heavy atom. The first-order valence-corrected chi connectivity index (χ1v) is 6.75. The maximum atomic E-state index is 9.34. The predicted octanol–water partition coefficient (Wildman–Crippen LogP) is 2.63. The SMILES string of the molecule is CC(C)(C)c1ccc(C23CC(B(O)O)(C2)C3)cc1. The Balaban J connectivity index is 1.77. The van der Waals surface area contributed by atoms with Crippen LogP contribution in [0.3, 0.4) is 0 Å². The Hall–Kier alpha value is -0.795. The lowest BCUT2D eigenvalue weighted by Gasteiger charge is -2.70. The quantitative estimate of drug-likeness (QED) is 0.785. The Labute approximate surface area is 109 Å². The standard InChI is InChI=1S/C15H21BO2/c1-13(2,3)11-4-6-12(7-5-11)14-8-15(9-14,10-14)16(17)18/h4-7,17-18H,8-10H2,1-3H3. The summed E-state index contributed by atoms with van der Waals surface area (Å²) in [4.78, 5) is 0. The van der Waals surface area contributed by atoms with Crippen molar-refractivity contribution >= 4 is 7.12 Å². The fourth-order valence-corrected chi connectivity index (χ4v) is 3.77. The van der Waals surface area contributed by atoms with Crippen LogP contribution in [0.2, 0.25) is 5.31 Å². The normalized spacial score (nSPS) is 33.6. The molecule has 0 amide bonds. The first-order chi connectivity index (χ1) is 8.28. The van der Waals surface area contributed by atoms with Gasteiger partial charge >= 0.3 is 7.12 Å². The minimum absolute atomic E-state index is 0.178. The third-order valence-corrected chi connectivity index (χ3v) is 4.98. The summed E-state index contributed by atoms with van der Waals surface area (Å²) in [7, 11) is -1.13. The molecule has 0 atom stereocenters. The molecule has 2 N–H and O–H groups in total. The number of rotatable bonds is 2. The zero-order chi connectivity index (χ0) is 13.2. The average Bonchev–Trinajstić information content (AvgIpc) is 2.12. The van der Waals surface area contributed by atoms with Crippen molar-refractivity contribution in [2.45, 2.75) is 56.2 Å². The molecule has 4 rings (SSSR count). The van der Waals surface area contributed by atoms with Gasteiger partial charge in [0, 0.05) is 5.31 Å². The van der Waals surface area contributed by atoms with Crippen LogP contribution in [0, 0.1) is 0 Å². The second-order valence-electron chi connectivity index (χ2n) is 7.37. The molecule has 0 aliphatic heterocycles. The first kappa shape index (κ1) is 12.2. The van der Waals surface area contributed by atoms with Crippen LogP contribution in [0.4, 0.5) is 0 Å². The van der Waals surface area contributed by atoms with Crippen molar-refractivity contribution in [3.8, 4) is 0 Å². The maximum Gasteiger partial charge on any atom is 0.458 e. The van der Waals surface area contributed by atoms with E-state index in [0.29, 0.717) is 0 Å². The summed E-state index contributed by atoms with van der Waals surface area (Å²) in [6.07, 6.45) is 2.81. The van der Waals surface area contributed by atoms with Crippen molar-refractivity contribution in [2.75, 3.05) is 0 Å². The van der Waals surface area contributed by atoms with Gasteiger partial charge in [-0.25, -0.2) is 0 Å². The van der Waals surface area contributed by atoms with Crippen molar-refractivity contribution in [2.24, 2.45) is 0 Å². The molecule has 0 radical (unpaired) electrons. The second kappa shape index (κ2) is 3.40. The first-order valence-electron chi connectivity index (χ1n) is 6.75. The van der Waals surface area contributed by atoms with Crippen molar-refractivity contribution in [3.05, 3.63) is 35.4 Å². The minimum Gasteiger partial charge on any atom is -0.427 e. The van der Waals surface area contributed by atoms with E-state index in [1.807, 2.05) is 0 Å². The minimum atomic E-state index is -1.13. The molecule has 18 heavy (non-hydrogen) atoms. The molecule has 0 saturated heterocycles. The molecule has 3 heteroatoms. The van der Waals surface area contributed by atoms with Crippen LogP contribution < -0.4 is 0 Å². The summed E-state index contributed by atoms with van der Waals surface area (Å²) in [5.74, 6) is 0. The van der Waals surface area contributed by atoms with Gasteiger partial charge in [-0.2, -0.15) is 0 Å². The highest BCUT2D eigenvalue weighted by atomic mass is 16.4. The van der Waals surface area contributed by atoms with Gasteiger partial charge in [-0.05, 0) is 41.2 Å². The Kier molecular flexibility index (Phi) is 2.31. The van der Waals surface area contributed by atoms with E-state index in [4.69, 9.17) is 0 Å². The van der Waals surface area contributed by atoms with Crippen LogP contribution in [0.1, 0.15) is 51.2 Å². The molecule has 2 nitrogen and oxygen atoms in total. The topological polar surface area (TPSA) is 40.5 Å². The lowest BCUT2D eigenvalue weighted by molar-refractivity contribution is -0.0341. The van der Waals surface area contributed by atoms with E-state index in [2.05, 4.69) is 45.0 Å². The molecular weight excluding hydrogens is 223 g/mol. The van der Waals surface area contributed by atoms with Crippen molar-refractivity contribution in [1.29, 1.82) is 0 Å². The molecule has 1 aromatic rings. The van der Waals surface area contributed by atoms with E-state index in [1.54, 1.807) is 0 Å². The number of hydrogen-bond donors (Lipinski definition) is 2. The third-order valence-electron chi connectivity index (χ3n) is 4.98. The molecule has 0 unspecified atom stereocenters. The summed E-state index contributed by atoms with van der Waals surface area (Å²) in [5.41, 5.74) is 3.17. The van der Waals surface area contributed by atoms with Crippen LogP contribution in [0.15, 0.2) is 24.3 Å². The van der Waals surface area contributed by atoms with E-state index < -0.39 is 7.12 Å². The van der Waals surface area contributed by atoms with E-state index in [1.165, 1.54) is 11.1 Å². The van der Waals surface area contributed by atoms with Crippen LogP contribution in [0.5, 0.6) is 0 Å². The van der Waals surface area contributed by atoms with Gasteiger partial charge in [-0.1, -0.05) is 45.0 Å². The molecule has 0 heterocycles. The Morgan fingerprint density at radius 1 is 1.00 bits per heavy atom. The van der Waals surface area contributed by atoms with Gasteiger partial charge in [0.15, 0.2) is 0 Å². The van der Waals surface area contributed by atoms with Crippen LogP contribution in [0.25, 0.3) is 0 Å². The molecule has 3 fully saturated rings. The lowest BCUT2D eigenvalue weighted by Crippen LogP contribution is -2.65. The van der Waals surface area contributed by atoms with E-state index >= 15 is 0 Å². The molecule has 0 spiro atoms. The molecular formula is C15H21BO2. The smallest absolute Gasteiger partial charge is 0.427 e. The highest BCUT2D eigenvalue weighted by Crippen LogP contribution is 2.79. The van der Waals surface area contributed by atoms with Gasteiger partial charge in [-0.3, -0.25) is 0 Å². The second-order valence-corrected chi connectivity index (χ2v) is 7.37. The van der Waals surface area contributed by atoms with Gasteiger partial charge in [0.1, 0.15) is 0 Å². The fraction of sp³-hybridized carbons (Fsp3) is 0.600. The zero-order valence-corrected chi connectivity index (χ0v) is 11.4. The van der Waals surface area contributed by atoms with Crippen LogP contribution in [-0.4, -0.2) is 17.2 Å². The largest absolute Gasteiger partial charge is 0.458 e. The van der Waals surface area contributed by atoms with Gasteiger partial charge < -0.3 is 10.0 Å². The fourth-order valence-electron chi connectivity index (χ4n) is 3.77. The average molecular weight is 244 g/mol. The Bertz CT molecular complexity index is 450. The molecule has 96 valence electrons. The van der Waals surface area contributed by atoms with E-state index in [0.717, 1.165) is 19.3 Å². The maximum absolute atomic E-state index is 9.34. The monoisotopic (exact) mass is 244 g/mol. The van der Waals surface area contributed by atoms with Crippen molar-refractivity contribution in [1.82, 2.24) is 0 Å². The summed E-state index contributed by atoms with van der Waals surface area (Å²) < 4.78 is 0. The summed E-state index contributed by atoms with van der Waals surface area (Å²) in [5, 5.41) is 18.5. The number of benzene rings is 1. The van der Waals surface area contributed by atoms with Gasteiger partial charge in [0.25, 0.3) is 0 Å². The van der Waals surface area contributed by atoms with Crippen molar-refractivity contribution in [3.63, 3.8) is 0 Å². The predicted molar refractivity (Wildman–Crippen MR) is 73.6 cm³/mol. The molecule has 3 aliphatic rings. The highest BCUT2D eigenvalue weighted by Gasteiger charge is 2.72. The number of hydrogen-bond acceptors (Lipinski definition) is 2. The van der Waals surface area contributed by atoms with E-state index in [-0.39, 0.29) is 16.1 Å². The third kappa shape index (κ3) is 1.50. The molecule has 2 bridgehead atoms.